The monoisotopic (exact) mass is 327 g/mol. The van der Waals surface area contributed by atoms with E-state index in [1.165, 1.54) is 18.7 Å². The van der Waals surface area contributed by atoms with Crippen LogP contribution in [0.15, 0.2) is 42.5 Å². The van der Waals surface area contributed by atoms with Crippen molar-refractivity contribution in [2.24, 2.45) is 0 Å². The fraction of sp³-hybridized carbons (Fsp3) is 0.235. The Morgan fingerprint density at radius 2 is 1.88 bits per heavy atom. The van der Waals surface area contributed by atoms with Crippen molar-refractivity contribution in [2.45, 2.75) is 13.2 Å². The Morgan fingerprint density at radius 1 is 1.08 bits per heavy atom. The summed E-state index contributed by atoms with van der Waals surface area (Å²) in [6.45, 7) is 0.678. The predicted octanol–water partition coefficient (Wildman–Crippen LogP) is 2.24. The number of benzene rings is 1. The molecule has 3 rings (SSSR count). The van der Waals surface area contributed by atoms with E-state index in [4.69, 9.17) is 14.2 Å². The summed E-state index contributed by atoms with van der Waals surface area (Å²) in [5.74, 6) is 0.481. The fourth-order valence-electron chi connectivity index (χ4n) is 2.30. The van der Waals surface area contributed by atoms with Crippen LogP contribution in [0, 0.1) is 0 Å². The summed E-state index contributed by atoms with van der Waals surface area (Å²) in [6.07, 6.45) is 0. The van der Waals surface area contributed by atoms with Crippen LogP contribution in [0.1, 0.15) is 21.9 Å². The SMILES string of the molecule is COC(=O)c1ccc(OC)c2nc(COCc3ccccc3)nn12. The third-order valence-electron chi connectivity index (χ3n) is 3.45. The molecule has 0 spiro atoms. The third-order valence-corrected chi connectivity index (χ3v) is 3.45. The Morgan fingerprint density at radius 3 is 2.58 bits per heavy atom. The van der Waals surface area contributed by atoms with E-state index in [-0.39, 0.29) is 12.3 Å². The maximum absolute atomic E-state index is 11.9. The van der Waals surface area contributed by atoms with Gasteiger partial charge in [-0.15, -0.1) is 5.10 Å². The van der Waals surface area contributed by atoms with Gasteiger partial charge in [0.25, 0.3) is 0 Å². The molecule has 124 valence electrons. The van der Waals surface area contributed by atoms with Crippen molar-refractivity contribution in [1.82, 2.24) is 14.6 Å². The summed E-state index contributed by atoms with van der Waals surface area (Å²) in [4.78, 5) is 16.2. The molecule has 3 aromatic rings. The highest BCUT2D eigenvalue weighted by Crippen LogP contribution is 2.20. The molecule has 0 aliphatic heterocycles. The molecule has 2 aromatic heterocycles. The molecule has 0 saturated carbocycles. The molecule has 24 heavy (non-hydrogen) atoms. The van der Waals surface area contributed by atoms with Gasteiger partial charge in [0.2, 0.25) is 0 Å². The van der Waals surface area contributed by atoms with Gasteiger partial charge in [-0.2, -0.15) is 0 Å². The van der Waals surface area contributed by atoms with E-state index in [2.05, 4.69) is 10.1 Å². The Bertz CT molecular complexity index is 846. The quantitative estimate of drug-likeness (QED) is 0.646. The van der Waals surface area contributed by atoms with Crippen LogP contribution in [0.25, 0.3) is 5.65 Å². The number of pyridine rings is 1. The van der Waals surface area contributed by atoms with Gasteiger partial charge in [0.1, 0.15) is 6.61 Å². The molecule has 0 atom stereocenters. The van der Waals surface area contributed by atoms with Gasteiger partial charge >= 0.3 is 5.97 Å². The highest BCUT2D eigenvalue weighted by molar-refractivity contribution is 5.88. The predicted molar refractivity (Wildman–Crippen MR) is 85.8 cm³/mol. The minimum Gasteiger partial charge on any atom is -0.493 e. The average molecular weight is 327 g/mol. The number of rotatable bonds is 6. The summed E-state index contributed by atoms with van der Waals surface area (Å²) in [6, 6.07) is 13.1. The van der Waals surface area contributed by atoms with Crippen molar-refractivity contribution in [1.29, 1.82) is 0 Å². The summed E-state index contributed by atoms with van der Waals surface area (Å²) >= 11 is 0. The van der Waals surface area contributed by atoms with Crippen LogP contribution in [0.5, 0.6) is 5.75 Å². The van der Waals surface area contributed by atoms with E-state index in [0.717, 1.165) is 5.56 Å². The zero-order chi connectivity index (χ0) is 16.9. The molecule has 2 heterocycles. The van der Waals surface area contributed by atoms with Crippen LogP contribution in [0.3, 0.4) is 0 Å². The van der Waals surface area contributed by atoms with Crippen molar-refractivity contribution >= 4 is 11.6 Å². The molecule has 0 saturated heterocycles. The number of hydrogen-bond donors (Lipinski definition) is 0. The van der Waals surface area contributed by atoms with Crippen LogP contribution in [-0.4, -0.2) is 34.8 Å². The molecule has 0 unspecified atom stereocenters. The smallest absolute Gasteiger partial charge is 0.356 e. The lowest BCUT2D eigenvalue weighted by Crippen LogP contribution is -2.09. The van der Waals surface area contributed by atoms with Gasteiger partial charge in [-0.1, -0.05) is 30.3 Å². The van der Waals surface area contributed by atoms with Crippen molar-refractivity contribution in [3.8, 4) is 5.75 Å². The normalized spacial score (nSPS) is 10.8. The topological polar surface area (TPSA) is 75.0 Å². The number of aromatic nitrogens is 3. The van der Waals surface area contributed by atoms with Gasteiger partial charge in [-0.05, 0) is 17.7 Å². The lowest BCUT2D eigenvalue weighted by atomic mass is 10.2. The molecular formula is C17H17N3O4. The minimum atomic E-state index is -0.496. The van der Waals surface area contributed by atoms with Crippen LogP contribution >= 0.6 is 0 Å². The van der Waals surface area contributed by atoms with E-state index < -0.39 is 5.97 Å². The molecule has 0 N–H and O–H groups in total. The Labute approximate surface area is 138 Å². The molecule has 1 aromatic carbocycles. The van der Waals surface area contributed by atoms with Gasteiger partial charge in [0.15, 0.2) is 22.9 Å². The minimum absolute atomic E-state index is 0.223. The van der Waals surface area contributed by atoms with E-state index in [1.807, 2.05) is 30.3 Å². The maximum Gasteiger partial charge on any atom is 0.356 e. The van der Waals surface area contributed by atoms with E-state index in [9.17, 15) is 4.79 Å². The standard InChI is InChI=1S/C17H17N3O4/c1-22-14-9-8-13(17(21)23-2)20-16(14)18-15(19-20)11-24-10-12-6-4-3-5-7-12/h3-9H,10-11H2,1-2H3. The second-order valence-corrected chi connectivity index (χ2v) is 5.02. The van der Waals surface area contributed by atoms with Gasteiger partial charge < -0.3 is 14.2 Å². The molecule has 0 aliphatic carbocycles. The second kappa shape index (κ2) is 7.10. The highest BCUT2D eigenvalue weighted by Gasteiger charge is 2.17. The lowest BCUT2D eigenvalue weighted by Gasteiger charge is -2.04. The molecule has 7 nitrogen and oxygen atoms in total. The van der Waals surface area contributed by atoms with Crippen LogP contribution in [0.4, 0.5) is 0 Å². The Hall–Kier alpha value is -2.93. The van der Waals surface area contributed by atoms with Crippen molar-refractivity contribution in [3.05, 3.63) is 59.5 Å². The zero-order valence-corrected chi connectivity index (χ0v) is 13.4. The number of carbonyl (C=O) groups excluding carboxylic acids is 1. The Kier molecular flexibility index (Phi) is 4.72. The highest BCUT2D eigenvalue weighted by atomic mass is 16.5. The van der Waals surface area contributed by atoms with Gasteiger partial charge in [-0.25, -0.2) is 14.3 Å². The number of nitrogens with zero attached hydrogens (tertiary/aromatic N) is 3. The number of esters is 1. The van der Waals surface area contributed by atoms with Gasteiger partial charge in [0.05, 0.1) is 20.8 Å². The fourth-order valence-corrected chi connectivity index (χ4v) is 2.30. The lowest BCUT2D eigenvalue weighted by molar-refractivity contribution is 0.0590. The molecule has 0 amide bonds. The Balaban J connectivity index is 1.82. The molecule has 7 heteroatoms. The zero-order valence-electron chi connectivity index (χ0n) is 13.4. The van der Waals surface area contributed by atoms with Crippen molar-refractivity contribution in [2.75, 3.05) is 14.2 Å². The first-order chi connectivity index (χ1) is 11.7. The van der Waals surface area contributed by atoms with E-state index in [0.29, 0.717) is 23.8 Å². The number of fused-ring (bicyclic) bond motifs is 1. The van der Waals surface area contributed by atoms with Crippen molar-refractivity contribution in [3.63, 3.8) is 0 Å². The molecule has 0 bridgehead atoms. The molecule has 0 radical (unpaired) electrons. The largest absolute Gasteiger partial charge is 0.493 e. The molecule has 0 aliphatic rings. The van der Waals surface area contributed by atoms with Gasteiger partial charge in [-0.3, -0.25) is 0 Å². The van der Waals surface area contributed by atoms with Crippen molar-refractivity contribution < 1.29 is 19.0 Å². The molecule has 0 fully saturated rings. The number of carbonyl (C=O) groups is 1. The first-order valence-electron chi connectivity index (χ1n) is 7.35. The number of ether oxygens (including phenoxy) is 3. The summed E-state index contributed by atoms with van der Waals surface area (Å²) in [5.41, 5.74) is 1.78. The maximum atomic E-state index is 11.9. The van der Waals surface area contributed by atoms with Gasteiger partial charge in [0, 0.05) is 0 Å². The summed E-state index contributed by atoms with van der Waals surface area (Å²) < 4.78 is 17.1. The van der Waals surface area contributed by atoms with Crippen LogP contribution < -0.4 is 4.74 Å². The van der Waals surface area contributed by atoms with E-state index >= 15 is 0 Å². The third kappa shape index (κ3) is 3.21. The molecular weight excluding hydrogens is 310 g/mol. The second-order valence-electron chi connectivity index (χ2n) is 5.02. The average Bonchev–Trinajstić information content (AvgIpc) is 3.05. The number of methoxy groups -OCH3 is 2. The number of hydrogen-bond acceptors (Lipinski definition) is 6. The summed E-state index contributed by atoms with van der Waals surface area (Å²) in [7, 11) is 2.85. The first-order valence-corrected chi connectivity index (χ1v) is 7.35. The first kappa shape index (κ1) is 15.9. The van der Waals surface area contributed by atoms with Crippen LogP contribution in [0.2, 0.25) is 0 Å². The summed E-state index contributed by atoms with van der Waals surface area (Å²) in [5, 5.41) is 4.32. The van der Waals surface area contributed by atoms with Crippen LogP contribution in [-0.2, 0) is 22.7 Å². The van der Waals surface area contributed by atoms with E-state index in [1.54, 1.807) is 12.1 Å².